The molecular weight excluding hydrogens is 450 g/mol. The molecule has 1 amide bonds. The Labute approximate surface area is 202 Å². The van der Waals surface area contributed by atoms with E-state index in [9.17, 15) is 15.2 Å². The molecule has 7 nitrogen and oxygen atoms in total. The first-order valence-electron chi connectivity index (χ1n) is 11.2. The normalized spacial score (nSPS) is 15.5. The highest BCUT2D eigenvalue weighted by molar-refractivity contribution is 7.16. The van der Waals surface area contributed by atoms with E-state index < -0.39 is 18.6 Å². The fourth-order valence-corrected chi connectivity index (χ4v) is 4.90. The van der Waals surface area contributed by atoms with Gasteiger partial charge in [-0.05, 0) is 59.2 Å². The first-order valence-corrected chi connectivity index (χ1v) is 12.0. The van der Waals surface area contributed by atoms with Crippen LogP contribution < -0.4 is 10.2 Å². The van der Waals surface area contributed by atoms with Gasteiger partial charge in [-0.3, -0.25) is 4.79 Å². The average Bonchev–Trinajstić information content (AvgIpc) is 3.38. The molecule has 0 radical (unpaired) electrons. The van der Waals surface area contributed by atoms with E-state index in [1.165, 1.54) is 22.4 Å². The van der Waals surface area contributed by atoms with E-state index in [4.69, 9.17) is 9.84 Å². The molecule has 1 aliphatic heterocycles. The van der Waals surface area contributed by atoms with Crippen molar-refractivity contribution in [2.75, 3.05) is 44.4 Å². The third kappa shape index (κ3) is 5.29. The molecule has 3 N–H and O–H groups in total. The van der Waals surface area contributed by atoms with Gasteiger partial charge in [0.05, 0.1) is 25.9 Å². The molecule has 3 aromatic rings. The number of allylic oxidation sites excluding steroid dienone is 1. The number of ether oxygens (including phenoxy) is 1. The largest absolute Gasteiger partial charge is 0.394 e. The highest BCUT2D eigenvalue weighted by atomic mass is 32.1. The fourth-order valence-electron chi connectivity index (χ4n) is 3.89. The van der Waals surface area contributed by atoms with Gasteiger partial charge in [0, 0.05) is 35.1 Å². The second-order valence-corrected chi connectivity index (χ2v) is 9.25. The monoisotopic (exact) mass is 477 g/mol. The number of aliphatic hydroxyl groups excluding tert-OH is 2. The number of morpholine rings is 1. The molecule has 0 spiro atoms. The first-order chi connectivity index (χ1) is 16.5. The Hall–Kier alpha value is -3.22. The summed E-state index contributed by atoms with van der Waals surface area (Å²) in [6.45, 7) is 4.48. The number of benzene rings is 2. The summed E-state index contributed by atoms with van der Waals surface area (Å²) in [4.78, 5) is 16.6. The summed E-state index contributed by atoms with van der Waals surface area (Å²) in [6.07, 6.45) is -1.06. The molecule has 0 aliphatic carbocycles. The van der Waals surface area contributed by atoms with Crippen LogP contribution in [0, 0.1) is 11.3 Å². The maximum absolute atomic E-state index is 12.4. The minimum atomic E-state index is -1.06. The molecular formula is C26H27N3O4S. The highest BCUT2D eigenvalue weighted by Crippen LogP contribution is 2.35. The number of carbonyl (C=O) groups excluding carboxylic acids is 1. The van der Waals surface area contributed by atoms with Crippen LogP contribution in [0.15, 0.2) is 54.1 Å². The zero-order valence-electron chi connectivity index (χ0n) is 19.0. The maximum atomic E-state index is 12.4. The minimum Gasteiger partial charge on any atom is -0.394 e. The number of nitriles is 1. The van der Waals surface area contributed by atoms with Crippen molar-refractivity contribution in [2.24, 2.45) is 0 Å². The van der Waals surface area contributed by atoms with E-state index in [0.29, 0.717) is 5.57 Å². The SMILES string of the molecule is CC(=C(C#N)C(=O)NCC(O)CO)c1ccc(-c2ccc3cc(N4CCOCC4)ccc3c2)s1. The summed E-state index contributed by atoms with van der Waals surface area (Å²) in [5, 5.41) is 32.7. The quantitative estimate of drug-likeness (QED) is 0.357. The number of nitrogens with zero attached hydrogens (tertiary/aromatic N) is 2. The average molecular weight is 478 g/mol. The lowest BCUT2D eigenvalue weighted by atomic mass is 10.0. The van der Waals surface area contributed by atoms with Crippen LogP contribution in [-0.4, -0.2) is 61.7 Å². The standard InChI is InChI=1S/C26H27N3O4S/c1-17(23(14-27)26(32)28-15-22(31)16-30)24-6-7-25(34-24)20-3-2-19-13-21(5-4-18(19)12-20)29-8-10-33-11-9-29/h2-7,12-13,22,30-31H,8-11,15-16H2,1H3,(H,28,32). The van der Waals surface area contributed by atoms with Gasteiger partial charge in [-0.2, -0.15) is 5.26 Å². The van der Waals surface area contributed by atoms with Crippen LogP contribution >= 0.6 is 11.3 Å². The Bertz CT molecular complexity index is 1250. The molecule has 0 saturated carbocycles. The zero-order chi connectivity index (χ0) is 24.1. The number of rotatable bonds is 7. The van der Waals surface area contributed by atoms with Crippen LogP contribution in [0.2, 0.25) is 0 Å². The number of anilines is 1. The van der Waals surface area contributed by atoms with E-state index >= 15 is 0 Å². The molecule has 34 heavy (non-hydrogen) atoms. The molecule has 2 aromatic carbocycles. The minimum absolute atomic E-state index is 0.00677. The van der Waals surface area contributed by atoms with Gasteiger partial charge in [0.25, 0.3) is 5.91 Å². The number of hydrogen-bond donors (Lipinski definition) is 3. The predicted molar refractivity (Wildman–Crippen MR) is 135 cm³/mol. The van der Waals surface area contributed by atoms with Gasteiger partial charge < -0.3 is 25.2 Å². The topological polar surface area (TPSA) is 106 Å². The highest BCUT2D eigenvalue weighted by Gasteiger charge is 2.17. The summed E-state index contributed by atoms with van der Waals surface area (Å²) in [6, 6.07) is 18.7. The lowest BCUT2D eigenvalue weighted by molar-refractivity contribution is -0.117. The Morgan fingerprint density at radius 2 is 1.91 bits per heavy atom. The molecule has 8 heteroatoms. The van der Waals surface area contributed by atoms with Gasteiger partial charge in [0.1, 0.15) is 11.6 Å². The Balaban J connectivity index is 1.55. The van der Waals surface area contributed by atoms with Crippen molar-refractivity contribution in [3.05, 3.63) is 59.0 Å². The van der Waals surface area contributed by atoms with Crippen LogP contribution in [-0.2, 0) is 9.53 Å². The van der Waals surface area contributed by atoms with Gasteiger partial charge in [-0.15, -0.1) is 11.3 Å². The Morgan fingerprint density at radius 3 is 2.65 bits per heavy atom. The van der Waals surface area contributed by atoms with E-state index in [1.54, 1.807) is 6.92 Å². The van der Waals surface area contributed by atoms with Gasteiger partial charge >= 0.3 is 0 Å². The number of amides is 1. The molecule has 0 bridgehead atoms. The molecule has 1 aromatic heterocycles. The van der Waals surface area contributed by atoms with E-state index in [1.807, 2.05) is 18.2 Å². The van der Waals surface area contributed by atoms with Crippen molar-refractivity contribution in [2.45, 2.75) is 13.0 Å². The lowest BCUT2D eigenvalue weighted by Crippen LogP contribution is -2.36. The number of fused-ring (bicyclic) bond motifs is 1. The third-order valence-electron chi connectivity index (χ3n) is 5.88. The van der Waals surface area contributed by atoms with Crippen LogP contribution in [0.3, 0.4) is 0 Å². The second kappa shape index (κ2) is 10.8. The summed E-state index contributed by atoms with van der Waals surface area (Å²) in [7, 11) is 0. The summed E-state index contributed by atoms with van der Waals surface area (Å²) in [5.41, 5.74) is 2.85. The third-order valence-corrected chi connectivity index (χ3v) is 7.14. The number of thiophene rings is 1. The van der Waals surface area contributed by atoms with Gasteiger partial charge in [-0.25, -0.2) is 0 Å². The van der Waals surface area contributed by atoms with Crippen molar-refractivity contribution < 1.29 is 19.7 Å². The van der Waals surface area contributed by atoms with Crippen molar-refractivity contribution in [3.63, 3.8) is 0 Å². The van der Waals surface area contributed by atoms with E-state index in [2.05, 4.69) is 46.6 Å². The molecule has 4 rings (SSSR count). The van der Waals surface area contributed by atoms with Crippen LogP contribution in [0.5, 0.6) is 0 Å². The van der Waals surface area contributed by atoms with Crippen molar-refractivity contribution in [1.82, 2.24) is 5.32 Å². The van der Waals surface area contributed by atoms with E-state index in [-0.39, 0.29) is 12.1 Å². The van der Waals surface area contributed by atoms with Crippen molar-refractivity contribution >= 4 is 39.3 Å². The first kappa shape index (κ1) is 23.9. The number of hydrogen-bond acceptors (Lipinski definition) is 7. The van der Waals surface area contributed by atoms with Gasteiger partial charge in [-0.1, -0.05) is 18.2 Å². The fraction of sp³-hybridized carbons (Fsp3) is 0.308. The number of nitrogens with one attached hydrogen (secondary N) is 1. The van der Waals surface area contributed by atoms with Crippen molar-refractivity contribution in [1.29, 1.82) is 5.26 Å². The molecule has 1 atom stereocenters. The van der Waals surface area contributed by atoms with Gasteiger partial charge in [0.15, 0.2) is 0 Å². The van der Waals surface area contributed by atoms with E-state index in [0.717, 1.165) is 47.0 Å². The molecule has 1 unspecified atom stereocenters. The van der Waals surface area contributed by atoms with Crippen LogP contribution in [0.4, 0.5) is 5.69 Å². The Morgan fingerprint density at radius 1 is 1.18 bits per heavy atom. The lowest BCUT2D eigenvalue weighted by Gasteiger charge is -2.29. The molecule has 176 valence electrons. The predicted octanol–water partition coefficient (Wildman–Crippen LogP) is 3.17. The number of carbonyl (C=O) groups is 1. The Kier molecular flexibility index (Phi) is 7.60. The second-order valence-electron chi connectivity index (χ2n) is 8.17. The van der Waals surface area contributed by atoms with Crippen LogP contribution in [0.1, 0.15) is 11.8 Å². The summed E-state index contributed by atoms with van der Waals surface area (Å²) < 4.78 is 5.45. The van der Waals surface area contributed by atoms with Crippen LogP contribution in [0.25, 0.3) is 26.8 Å². The number of aliphatic hydroxyl groups is 2. The summed E-state index contributed by atoms with van der Waals surface area (Å²) in [5.74, 6) is -0.566. The molecule has 2 heterocycles. The van der Waals surface area contributed by atoms with Gasteiger partial charge in [0.2, 0.25) is 0 Å². The summed E-state index contributed by atoms with van der Waals surface area (Å²) >= 11 is 1.52. The molecule has 1 saturated heterocycles. The maximum Gasteiger partial charge on any atom is 0.262 e. The molecule has 1 aliphatic rings. The smallest absolute Gasteiger partial charge is 0.262 e. The molecule has 1 fully saturated rings. The van der Waals surface area contributed by atoms with Crippen molar-refractivity contribution in [3.8, 4) is 16.5 Å². The zero-order valence-corrected chi connectivity index (χ0v) is 19.8.